The van der Waals surface area contributed by atoms with Gasteiger partial charge in [0, 0.05) is 19.2 Å². The highest BCUT2D eigenvalue weighted by Gasteiger charge is 2.15. The number of nitrogens with one attached hydrogen (secondary N) is 1. The first kappa shape index (κ1) is 17.6. The van der Waals surface area contributed by atoms with E-state index < -0.39 is 0 Å². The topological polar surface area (TPSA) is 50.7 Å². The molecule has 0 aromatic heterocycles. The van der Waals surface area contributed by atoms with Gasteiger partial charge in [-0.1, -0.05) is 48.0 Å². The van der Waals surface area contributed by atoms with Crippen molar-refractivity contribution in [1.82, 2.24) is 5.32 Å². The molecule has 5 heteroatoms. The molecular weight excluding hydrogens is 314 g/mol. The molecule has 2 rings (SSSR count). The fourth-order valence-corrected chi connectivity index (χ4v) is 2.80. The van der Waals surface area contributed by atoms with Gasteiger partial charge in [-0.2, -0.15) is 0 Å². The van der Waals surface area contributed by atoms with Crippen molar-refractivity contribution < 1.29 is 14.6 Å². The molecule has 2 N–H and O–H groups in total. The Morgan fingerprint density at radius 2 is 1.83 bits per heavy atom. The summed E-state index contributed by atoms with van der Waals surface area (Å²) in [5, 5.41) is 13.3. The van der Waals surface area contributed by atoms with Crippen molar-refractivity contribution in [2.45, 2.75) is 19.0 Å². The van der Waals surface area contributed by atoms with E-state index in [-0.39, 0.29) is 12.6 Å². The molecular formula is C18H22ClNO3. The Labute approximate surface area is 142 Å². The molecule has 0 aliphatic heterocycles. The van der Waals surface area contributed by atoms with Crippen LogP contribution in [0.15, 0.2) is 42.5 Å². The lowest BCUT2D eigenvalue weighted by molar-refractivity contribution is 0.265. The number of halogens is 1. The molecule has 0 heterocycles. The summed E-state index contributed by atoms with van der Waals surface area (Å²) >= 11 is 6.40. The number of hydrogen-bond donors (Lipinski definition) is 2. The van der Waals surface area contributed by atoms with Crippen molar-refractivity contribution in [3.63, 3.8) is 0 Å². The average Bonchev–Trinajstić information content (AvgIpc) is 2.60. The van der Waals surface area contributed by atoms with Crippen molar-refractivity contribution in [2.75, 3.05) is 20.8 Å². The number of ether oxygens (including phenoxy) is 2. The van der Waals surface area contributed by atoms with Gasteiger partial charge in [-0.15, -0.1) is 0 Å². The van der Waals surface area contributed by atoms with E-state index in [9.17, 15) is 5.11 Å². The first-order chi connectivity index (χ1) is 11.2. The van der Waals surface area contributed by atoms with Crippen molar-refractivity contribution in [3.05, 3.63) is 58.6 Å². The first-order valence-electron chi connectivity index (χ1n) is 7.49. The van der Waals surface area contributed by atoms with Gasteiger partial charge in [0.05, 0.1) is 19.2 Å². The number of aliphatic hydroxyl groups excluding tert-OH is 1. The second-order valence-corrected chi connectivity index (χ2v) is 5.51. The minimum Gasteiger partial charge on any atom is -0.493 e. The molecule has 0 radical (unpaired) electrons. The minimum atomic E-state index is 0.0605. The molecule has 0 saturated carbocycles. The molecule has 0 bridgehead atoms. The van der Waals surface area contributed by atoms with Crippen LogP contribution in [0, 0.1) is 0 Å². The zero-order valence-electron chi connectivity index (χ0n) is 13.4. The van der Waals surface area contributed by atoms with Crippen LogP contribution in [0.2, 0.25) is 5.02 Å². The zero-order chi connectivity index (χ0) is 16.7. The Kier molecular flexibility index (Phi) is 6.71. The molecule has 1 atom stereocenters. The molecule has 0 spiro atoms. The highest BCUT2D eigenvalue weighted by Crippen LogP contribution is 2.37. The van der Waals surface area contributed by atoms with Gasteiger partial charge in [0.15, 0.2) is 11.5 Å². The SMILES string of the molecule is COc1ccc(CN[C@H](CCO)c2ccccc2)c(Cl)c1OC. The van der Waals surface area contributed by atoms with E-state index >= 15 is 0 Å². The number of rotatable bonds is 8. The van der Waals surface area contributed by atoms with Crippen LogP contribution in [-0.2, 0) is 6.54 Å². The van der Waals surface area contributed by atoms with Gasteiger partial charge in [0.25, 0.3) is 0 Å². The van der Waals surface area contributed by atoms with E-state index in [2.05, 4.69) is 5.32 Å². The number of benzene rings is 2. The van der Waals surface area contributed by atoms with Gasteiger partial charge in [-0.3, -0.25) is 0 Å². The van der Waals surface area contributed by atoms with Crippen molar-refractivity contribution >= 4 is 11.6 Å². The zero-order valence-corrected chi connectivity index (χ0v) is 14.1. The molecule has 0 aliphatic rings. The molecule has 0 unspecified atom stereocenters. The summed E-state index contributed by atoms with van der Waals surface area (Å²) in [6.07, 6.45) is 0.634. The van der Waals surface area contributed by atoms with E-state index in [4.69, 9.17) is 21.1 Å². The molecule has 23 heavy (non-hydrogen) atoms. The number of aliphatic hydroxyl groups is 1. The third-order valence-electron chi connectivity index (χ3n) is 3.72. The normalized spacial score (nSPS) is 12.0. The Hall–Kier alpha value is -1.75. The standard InChI is InChI=1S/C18H22ClNO3/c1-22-16-9-8-14(17(19)18(16)23-2)12-20-15(10-11-21)13-6-4-3-5-7-13/h3-9,15,20-21H,10-12H2,1-2H3/t15-/m1/s1. The van der Waals surface area contributed by atoms with Crippen molar-refractivity contribution in [1.29, 1.82) is 0 Å². The fourth-order valence-electron chi connectivity index (χ4n) is 2.50. The van der Waals surface area contributed by atoms with Gasteiger partial charge in [0.1, 0.15) is 0 Å². The maximum atomic E-state index is 9.30. The summed E-state index contributed by atoms with van der Waals surface area (Å²) in [5.74, 6) is 1.14. The second kappa shape index (κ2) is 8.77. The maximum absolute atomic E-state index is 9.30. The summed E-state index contributed by atoms with van der Waals surface area (Å²) < 4.78 is 10.6. The molecule has 0 saturated heterocycles. The van der Waals surface area contributed by atoms with E-state index in [1.54, 1.807) is 14.2 Å². The number of hydrogen-bond acceptors (Lipinski definition) is 4. The first-order valence-corrected chi connectivity index (χ1v) is 7.87. The average molecular weight is 336 g/mol. The summed E-state index contributed by atoms with van der Waals surface area (Å²) in [7, 11) is 3.15. The summed E-state index contributed by atoms with van der Waals surface area (Å²) in [4.78, 5) is 0. The molecule has 124 valence electrons. The largest absolute Gasteiger partial charge is 0.493 e. The van der Waals surface area contributed by atoms with Crippen LogP contribution >= 0.6 is 11.6 Å². The monoisotopic (exact) mass is 335 g/mol. The van der Waals surface area contributed by atoms with E-state index in [0.29, 0.717) is 29.5 Å². The van der Waals surface area contributed by atoms with E-state index in [1.807, 2.05) is 42.5 Å². The third-order valence-corrected chi connectivity index (χ3v) is 4.14. The van der Waals surface area contributed by atoms with Gasteiger partial charge in [-0.25, -0.2) is 0 Å². The predicted octanol–water partition coefficient (Wildman–Crippen LogP) is 3.57. The van der Waals surface area contributed by atoms with Gasteiger partial charge >= 0.3 is 0 Å². The third kappa shape index (κ3) is 4.38. The lowest BCUT2D eigenvalue weighted by Gasteiger charge is -2.20. The van der Waals surface area contributed by atoms with Crippen LogP contribution in [0.1, 0.15) is 23.6 Å². The van der Waals surface area contributed by atoms with Gasteiger partial charge in [0.2, 0.25) is 0 Å². The minimum absolute atomic E-state index is 0.0605. The quantitative estimate of drug-likeness (QED) is 0.774. The Morgan fingerprint density at radius 3 is 2.43 bits per heavy atom. The Bertz CT molecular complexity index is 619. The Morgan fingerprint density at radius 1 is 1.09 bits per heavy atom. The molecule has 2 aromatic rings. The molecule has 4 nitrogen and oxygen atoms in total. The molecule has 2 aromatic carbocycles. The lowest BCUT2D eigenvalue weighted by Crippen LogP contribution is -2.22. The van der Waals surface area contributed by atoms with Crippen LogP contribution in [-0.4, -0.2) is 25.9 Å². The van der Waals surface area contributed by atoms with Crippen molar-refractivity contribution in [3.8, 4) is 11.5 Å². The van der Waals surface area contributed by atoms with Gasteiger partial charge < -0.3 is 19.9 Å². The fraction of sp³-hybridized carbons (Fsp3) is 0.333. The summed E-state index contributed by atoms with van der Waals surface area (Å²) in [6, 6.07) is 13.9. The second-order valence-electron chi connectivity index (χ2n) is 5.13. The lowest BCUT2D eigenvalue weighted by atomic mass is 10.0. The van der Waals surface area contributed by atoms with E-state index in [1.165, 1.54) is 0 Å². The predicted molar refractivity (Wildman–Crippen MR) is 92.3 cm³/mol. The summed E-state index contributed by atoms with van der Waals surface area (Å²) in [5.41, 5.74) is 2.06. The van der Waals surface area contributed by atoms with Gasteiger partial charge in [-0.05, 0) is 23.6 Å². The highest BCUT2D eigenvalue weighted by molar-refractivity contribution is 6.33. The molecule has 0 amide bonds. The van der Waals surface area contributed by atoms with Crippen LogP contribution in [0.5, 0.6) is 11.5 Å². The molecule has 0 fully saturated rings. The van der Waals surface area contributed by atoms with Crippen LogP contribution in [0.4, 0.5) is 0 Å². The highest BCUT2D eigenvalue weighted by atomic mass is 35.5. The molecule has 0 aliphatic carbocycles. The summed E-state index contributed by atoms with van der Waals surface area (Å²) in [6.45, 7) is 0.685. The number of methoxy groups -OCH3 is 2. The smallest absolute Gasteiger partial charge is 0.179 e. The van der Waals surface area contributed by atoms with Crippen LogP contribution in [0.25, 0.3) is 0 Å². The van der Waals surface area contributed by atoms with Crippen LogP contribution in [0.3, 0.4) is 0 Å². The maximum Gasteiger partial charge on any atom is 0.179 e. The van der Waals surface area contributed by atoms with E-state index in [0.717, 1.165) is 11.1 Å². The van der Waals surface area contributed by atoms with Crippen molar-refractivity contribution in [2.24, 2.45) is 0 Å². The van der Waals surface area contributed by atoms with Crippen LogP contribution < -0.4 is 14.8 Å². The Balaban J connectivity index is 2.15.